The molecule has 0 fully saturated rings. The average molecular weight is 206 g/mol. The van der Waals surface area contributed by atoms with E-state index in [1.54, 1.807) is 0 Å². The van der Waals surface area contributed by atoms with Gasteiger partial charge in [0, 0.05) is 13.1 Å². The first-order valence-electron chi connectivity index (χ1n) is 5.08. The summed E-state index contributed by atoms with van der Waals surface area (Å²) in [6.07, 6.45) is 0.899. The number of carbonyl (C=O) groups is 1. The summed E-state index contributed by atoms with van der Waals surface area (Å²) >= 11 is 0. The second kappa shape index (κ2) is 5.63. The third kappa shape index (κ3) is 3.46. The van der Waals surface area contributed by atoms with Crippen LogP contribution in [0.1, 0.15) is 11.1 Å². The number of hydrogen-bond donors (Lipinski definition) is 1. The Kier molecular flexibility index (Phi) is 4.46. The summed E-state index contributed by atoms with van der Waals surface area (Å²) in [5.74, 6) is 0. The van der Waals surface area contributed by atoms with Crippen LogP contribution in [0.2, 0.25) is 0 Å². The van der Waals surface area contributed by atoms with Gasteiger partial charge in [-0.1, -0.05) is 29.8 Å². The van der Waals surface area contributed by atoms with Crippen molar-refractivity contribution in [3.63, 3.8) is 0 Å². The van der Waals surface area contributed by atoms with Gasteiger partial charge in [-0.3, -0.25) is 4.90 Å². The molecule has 0 aliphatic rings. The highest BCUT2D eigenvalue weighted by molar-refractivity contribution is 5.57. The molecule has 0 aromatic heterocycles. The van der Waals surface area contributed by atoms with E-state index in [9.17, 15) is 4.79 Å². The molecule has 1 atom stereocenters. The summed E-state index contributed by atoms with van der Waals surface area (Å²) in [6, 6.07) is 8.07. The SMILES string of the molecule is Cc1cccc(CN(C)C(C=O)CN)c1. The fourth-order valence-electron chi connectivity index (χ4n) is 1.56. The second-order valence-electron chi connectivity index (χ2n) is 3.84. The maximum absolute atomic E-state index is 10.7. The number of nitrogens with zero attached hydrogens (tertiary/aromatic N) is 1. The van der Waals surface area contributed by atoms with Crippen molar-refractivity contribution in [2.24, 2.45) is 5.73 Å². The van der Waals surface area contributed by atoms with Gasteiger partial charge in [0.05, 0.1) is 6.04 Å². The molecule has 0 amide bonds. The van der Waals surface area contributed by atoms with Gasteiger partial charge in [0.25, 0.3) is 0 Å². The molecule has 0 spiro atoms. The molecule has 0 aliphatic heterocycles. The molecule has 0 heterocycles. The second-order valence-corrected chi connectivity index (χ2v) is 3.84. The number of rotatable bonds is 5. The monoisotopic (exact) mass is 206 g/mol. The van der Waals surface area contributed by atoms with Crippen molar-refractivity contribution in [3.05, 3.63) is 35.4 Å². The van der Waals surface area contributed by atoms with Crippen LogP contribution in [0.25, 0.3) is 0 Å². The first-order valence-corrected chi connectivity index (χ1v) is 5.08. The molecule has 0 bridgehead atoms. The van der Waals surface area contributed by atoms with Gasteiger partial charge in [0.2, 0.25) is 0 Å². The Balaban J connectivity index is 2.65. The highest BCUT2D eigenvalue weighted by atomic mass is 16.1. The lowest BCUT2D eigenvalue weighted by atomic mass is 10.1. The van der Waals surface area contributed by atoms with Gasteiger partial charge in [-0.15, -0.1) is 0 Å². The maximum atomic E-state index is 10.7. The number of likely N-dealkylation sites (N-methyl/N-ethyl adjacent to an activating group) is 1. The zero-order valence-corrected chi connectivity index (χ0v) is 9.31. The summed E-state index contributed by atoms with van der Waals surface area (Å²) in [7, 11) is 1.91. The lowest BCUT2D eigenvalue weighted by molar-refractivity contribution is -0.111. The van der Waals surface area contributed by atoms with Gasteiger partial charge in [0.15, 0.2) is 0 Å². The lowest BCUT2D eigenvalue weighted by Crippen LogP contribution is -2.38. The Morgan fingerprint density at radius 3 is 2.80 bits per heavy atom. The Hall–Kier alpha value is -1.19. The van der Waals surface area contributed by atoms with Crippen LogP contribution in [-0.2, 0) is 11.3 Å². The summed E-state index contributed by atoms with van der Waals surface area (Å²) < 4.78 is 0. The summed E-state index contributed by atoms with van der Waals surface area (Å²) in [4.78, 5) is 12.7. The largest absolute Gasteiger partial charge is 0.328 e. The van der Waals surface area contributed by atoms with Crippen molar-refractivity contribution in [2.45, 2.75) is 19.5 Å². The number of benzene rings is 1. The van der Waals surface area contributed by atoms with E-state index in [2.05, 4.69) is 25.1 Å². The van der Waals surface area contributed by atoms with Crippen molar-refractivity contribution in [3.8, 4) is 0 Å². The Morgan fingerprint density at radius 2 is 2.27 bits per heavy atom. The zero-order chi connectivity index (χ0) is 11.3. The van der Waals surface area contributed by atoms with Crippen LogP contribution < -0.4 is 5.73 Å². The molecule has 0 aliphatic carbocycles. The topological polar surface area (TPSA) is 46.3 Å². The van der Waals surface area contributed by atoms with E-state index in [1.807, 2.05) is 18.0 Å². The van der Waals surface area contributed by atoms with Crippen LogP contribution in [0.3, 0.4) is 0 Å². The first kappa shape index (κ1) is 11.9. The van der Waals surface area contributed by atoms with Crippen LogP contribution in [-0.4, -0.2) is 30.8 Å². The molecule has 3 nitrogen and oxygen atoms in total. The smallest absolute Gasteiger partial charge is 0.138 e. The summed E-state index contributed by atoms with van der Waals surface area (Å²) in [6.45, 7) is 3.18. The van der Waals surface area contributed by atoms with E-state index in [1.165, 1.54) is 11.1 Å². The van der Waals surface area contributed by atoms with Gasteiger partial charge >= 0.3 is 0 Å². The normalized spacial score (nSPS) is 12.8. The summed E-state index contributed by atoms with van der Waals surface area (Å²) in [5, 5.41) is 0. The van der Waals surface area contributed by atoms with Crippen molar-refractivity contribution in [1.29, 1.82) is 0 Å². The van der Waals surface area contributed by atoms with E-state index >= 15 is 0 Å². The zero-order valence-electron chi connectivity index (χ0n) is 9.31. The highest BCUT2D eigenvalue weighted by Crippen LogP contribution is 2.07. The lowest BCUT2D eigenvalue weighted by Gasteiger charge is -2.22. The molecule has 2 N–H and O–H groups in total. The van der Waals surface area contributed by atoms with Crippen LogP contribution in [0.5, 0.6) is 0 Å². The van der Waals surface area contributed by atoms with Crippen LogP contribution in [0, 0.1) is 6.92 Å². The molecule has 1 unspecified atom stereocenters. The van der Waals surface area contributed by atoms with E-state index < -0.39 is 0 Å². The molecule has 1 aromatic carbocycles. The van der Waals surface area contributed by atoms with E-state index in [-0.39, 0.29) is 6.04 Å². The van der Waals surface area contributed by atoms with Crippen molar-refractivity contribution >= 4 is 6.29 Å². The number of nitrogens with two attached hydrogens (primary N) is 1. The minimum Gasteiger partial charge on any atom is -0.328 e. The number of aryl methyl sites for hydroxylation is 1. The van der Waals surface area contributed by atoms with E-state index in [0.29, 0.717) is 6.54 Å². The molecule has 1 rings (SSSR count). The number of hydrogen-bond acceptors (Lipinski definition) is 3. The van der Waals surface area contributed by atoms with E-state index in [0.717, 1.165) is 12.8 Å². The third-order valence-electron chi connectivity index (χ3n) is 2.48. The molecular weight excluding hydrogens is 188 g/mol. The Bertz CT molecular complexity index is 325. The molecule has 3 heteroatoms. The van der Waals surface area contributed by atoms with Gasteiger partial charge < -0.3 is 10.5 Å². The standard InChI is InChI=1S/C12H18N2O/c1-10-4-3-5-11(6-10)8-14(2)12(7-13)9-15/h3-6,9,12H,7-8,13H2,1-2H3. The number of carbonyl (C=O) groups excluding carboxylic acids is 1. The number of aldehydes is 1. The molecule has 1 aromatic rings. The predicted octanol–water partition coefficient (Wildman–Crippen LogP) is 0.953. The fraction of sp³-hybridized carbons (Fsp3) is 0.417. The van der Waals surface area contributed by atoms with Crippen LogP contribution in [0.15, 0.2) is 24.3 Å². The third-order valence-corrected chi connectivity index (χ3v) is 2.48. The van der Waals surface area contributed by atoms with Crippen LogP contribution >= 0.6 is 0 Å². The van der Waals surface area contributed by atoms with Gasteiger partial charge in [-0.25, -0.2) is 0 Å². The van der Waals surface area contributed by atoms with Crippen LogP contribution in [0.4, 0.5) is 0 Å². The maximum Gasteiger partial charge on any atom is 0.138 e. The molecule has 0 radical (unpaired) electrons. The molecular formula is C12H18N2O. The molecule has 0 saturated heterocycles. The minimum atomic E-state index is -0.189. The van der Waals surface area contributed by atoms with Gasteiger partial charge in [-0.2, -0.15) is 0 Å². The quantitative estimate of drug-likeness (QED) is 0.730. The highest BCUT2D eigenvalue weighted by Gasteiger charge is 2.11. The summed E-state index contributed by atoms with van der Waals surface area (Å²) in [5.41, 5.74) is 7.93. The van der Waals surface area contributed by atoms with Crippen molar-refractivity contribution < 1.29 is 4.79 Å². The Morgan fingerprint density at radius 1 is 1.53 bits per heavy atom. The molecule has 15 heavy (non-hydrogen) atoms. The van der Waals surface area contributed by atoms with Crippen molar-refractivity contribution in [1.82, 2.24) is 4.90 Å². The van der Waals surface area contributed by atoms with Gasteiger partial charge in [-0.05, 0) is 19.5 Å². The average Bonchev–Trinajstić information content (AvgIpc) is 2.19. The fourth-order valence-corrected chi connectivity index (χ4v) is 1.56. The minimum absolute atomic E-state index is 0.189. The molecule has 0 saturated carbocycles. The van der Waals surface area contributed by atoms with Gasteiger partial charge in [0.1, 0.15) is 6.29 Å². The van der Waals surface area contributed by atoms with Crippen molar-refractivity contribution in [2.75, 3.05) is 13.6 Å². The predicted molar refractivity (Wildman–Crippen MR) is 61.6 cm³/mol. The first-order chi connectivity index (χ1) is 7.17. The Labute approximate surface area is 90.9 Å². The molecule has 82 valence electrons. The van der Waals surface area contributed by atoms with E-state index in [4.69, 9.17) is 5.73 Å².